The number of hydrogen-bond donors (Lipinski definition) is 0. The number of hydrogen-bond acceptors (Lipinski definition) is 0. The van der Waals surface area contributed by atoms with Crippen LogP contribution in [-0.2, 0) is 0 Å². The molecule has 0 aliphatic heterocycles. The zero-order valence-corrected chi connectivity index (χ0v) is 10.1. The summed E-state index contributed by atoms with van der Waals surface area (Å²) in [5, 5.41) is 0. The second-order valence-corrected chi connectivity index (χ2v) is 1.89. The molecule has 0 saturated heterocycles. The summed E-state index contributed by atoms with van der Waals surface area (Å²) in [7, 11) is 0. The minimum absolute atomic E-state index is 0.648. The molecule has 0 heteroatoms. The molecule has 0 rings (SSSR count). The molecule has 0 atom stereocenters. The molecule has 0 fully saturated rings. The lowest BCUT2D eigenvalue weighted by Gasteiger charge is -1.84. The van der Waals surface area contributed by atoms with Crippen LogP contribution in [0, 0.1) is 5.92 Å². The summed E-state index contributed by atoms with van der Waals surface area (Å²) in [5.74, 6) is 0.648. The van der Waals surface area contributed by atoms with Crippen LogP contribution in [0.15, 0.2) is 25.3 Å². The SMILES string of the molecule is C=CC.C=CC(C)C.CC.CC. The van der Waals surface area contributed by atoms with Gasteiger partial charge >= 0.3 is 0 Å². The summed E-state index contributed by atoms with van der Waals surface area (Å²) < 4.78 is 0. The smallest absolute Gasteiger partial charge is 0.0293 e. The Morgan fingerprint density at radius 1 is 0.917 bits per heavy atom. The van der Waals surface area contributed by atoms with Gasteiger partial charge in [0.15, 0.2) is 0 Å². The van der Waals surface area contributed by atoms with Crippen LogP contribution in [0.4, 0.5) is 0 Å². The van der Waals surface area contributed by atoms with Crippen molar-refractivity contribution in [2.24, 2.45) is 5.92 Å². The van der Waals surface area contributed by atoms with E-state index in [1.54, 1.807) is 6.08 Å². The van der Waals surface area contributed by atoms with Crippen molar-refractivity contribution in [1.82, 2.24) is 0 Å². The van der Waals surface area contributed by atoms with Crippen LogP contribution < -0.4 is 0 Å². The van der Waals surface area contributed by atoms with Crippen molar-refractivity contribution in [3.05, 3.63) is 25.3 Å². The van der Waals surface area contributed by atoms with Gasteiger partial charge in [-0.2, -0.15) is 0 Å². The van der Waals surface area contributed by atoms with Gasteiger partial charge in [-0.1, -0.05) is 53.7 Å². The van der Waals surface area contributed by atoms with Crippen molar-refractivity contribution in [3.63, 3.8) is 0 Å². The first-order valence-corrected chi connectivity index (χ1v) is 4.88. The van der Waals surface area contributed by atoms with E-state index in [2.05, 4.69) is 27.0 Å². The summed E-state index contributed by atoms with van der Waals surface area (Å²) in [6.45, 7) is 21.0. The first kappa shape index (κ1) is 22.5. The maximum absolute atomic E-state index is 3.56. The minimum Gasteiger partial charge on any atom is -0.103 e. The molecule has 0 bridgehead atoms. The predicted molar refractivity (Wildman–Crippen MR) is 63.6 cm³/mol. The zero-order valence-electron chi connectivity index (χ0n) is 10.1. The lowest BCUT2D eigenvalue weighted by Crippen LogP contribution is -1.71. The maximum Gasteiger partial charge on any atom is -0.0293 e. The Kier molecular flexibility index (Phi) is 88.1. The highest BCUT2D eigenvalue weighted by Gasteiger charge is 1.73. The molecule has 0 aromatic heterocycles. The average Bonchev–Trinajstić information content (AvgIpc) is 2.13. The van der Waals surface area contributed by atoms with E-state index < -0.39 is 0 Å². The molecule has 0 amide bonds. The average molecular weight is 172 g/mol. The standard InChI is InChI=1S/C5H10.C3H6.2C2H6/c1-4-5(2)3;1-3-2;2*1-2/h4-5H,1H2,2-3H3;3H,1H2,2H3;2*1-2H3. The highest BCUT2D eigenvalue weighted by Crippen LogP contribution is 1.87. The van der Waals surface area contributed by atoms with Gasteiger partial charge in [-0.15, -0.1) is 13.2 Å². The van der Waals surface area contributed by atoms with Crippen LogP contribution in [0.1, 0.15) is 48.5 Å². The summed E-state index contributed by atoms with van der Waals surface area (Å²) in [5.41, 5.74) is 0. The van der Waals surface area contributed by atoms with Crippen molar-refractivity contribution in [1.29, 1.82) is 0 Å². The molecule has 0 saturated carbocycles. The van der Waals surface area contributed by atoms with Crippen LogP contribution in [0.2, 0.25) is 0 Å². The van der Waals surface area contributed by atoms with Crippen LogP contribution in [0.25, 0.3) is 0 Å². The molecule has 0 aliphatic carbocycles. The molecule has 0 unspecified atom stereocenters. The highest BCUT2D eigenvalue weighted by atomic mass is 13.8. The molecule has 0 aliphatic rings. The van der Waals surface area contributed by atoms with Gasteiger partial charge in [-0.3, -0.25) is 0 Å². The van der Waals surface area contributed by atoms with Gasteiger partial charge in [0.2, 0.25) is 0 Å². The van der Waals surface area contributed by atoms with Gasteiger partial charge in [-0.25, -0.2) is 0 Å². The monoisotopic (exact) mass is 172 g/mol. The minimum atomic E-state index is 0.648. The fraction of sp³-hybridized carbons (Fsp3) is 0.667. The Balaban J connectivity index is -0.0000000397. The molecule has 0 radical (unpaired) electrons. The van der Waals surface area contributed by atoms with Gasteiger partial charge in [-0.05, 0) is 12.8 Å². The third-order valence-electron chi connectivity index (χ3n) is 0.471. The molecule has 12 heavy (non-hydrogen) atoms. The Bertz CT molecular complexity index is 51.1. The van der Waals surface area contributed by atoms with E-state index >= 15 is 0 Å². The molecule has 0 N–H and O–H groups in total. The molecule has 76 valence electrons. The van der Waals surface area contributed by atoms with Gasteiger partial charge < -0.3 is 0 Å². The molecular formula is C12H28. The van der Waals surface area contributed by atoms with E-state index in [4.69, 9.17) is 0 Å². The Morgan fingerprint density at radius 2 is 1.00 bits per heavy atom. The molecule has 0 nitrogen and oxygen atoms in total. The first-order chi connectivity index (χ1) is 5.68. The second kappa shape index (κ2) is 46.9. The normalized spacial score (nSPS) is 5.67. The summed E-state index contributed by atoms with van der Waals surface area (Å²) >= 11 is 0. The third-order valence-corrected chi connectivity index (χ3v) is 0.471. The van der Waals surface area contributed by atoms with Crippen LogP contribution in [0.3, 0.4) is 0 Å². The number of rotatable bonds is 1. The summed E-state index contributed by atoms with van der Waals surface area (Å²) in [6, 6.07) is 0. The third kappa shape index (κ3) is 311. The quantitative estimate of drug-likeness (QED) is 0.484. The Hall–Kier alpha value is -0.520. The topological polar surface area (TPSA) is 0 Å². The molecule has 0 heterocycles. The molecule has 0 aromatic carbocycles. The van der Waals surface area contributed by atoms with E-state index in [0.29, 0.717) is 5.92 Å². The molecular weight excluding hydrogens is 144 g/mol. The summed E-state index contributed by atoms with van der Waals surface area (Å²) in [4.78, 5) is 0. The van der Waals surface area contributed by atoms with Crippen molar-refractivity contribution in [2.75, 3.05) is 0 Å². The fourth-order valence-electron chi connectivity index (χ4n) is 0. The van der Waals surface area contributed by atoms with Gasteiger partial charge in [0.05, 0.1) is 0 Å². The van der Waals surface area contributed by atoms with E-state index in [1.807, 2.05) is 40.7 Å². The maximum atomic E-state index is 3.56. The largest absolute Gasteiger partial charge is 0.103 e. The first-order valence-electron chi connectivity index (χ1n) is 4.88. The number of allylic oxidation sites excluding steroid dienone is 2. The van der Waals surface area contributed by atoms with E-state index in [1.165, 1.54) is 0 Å². The predicted octanol–water partition coefficient (Wildman–Crippen LogP) is 5.07. The van der Waals surface area contributed by atoms with E-state index in [-0.39, 0.29) is 0 Å². The fourth-order valence-corrected chi connectivity index (χ4v) is 0. The van der Waals surface area contributed by atoms with Crippen LogP contribution in [0.5, 0.6) is 0 Å². The molecule has 0 aromatic rings. The van der Waals surface area contributed by atoms with Gasteiger partial charge in [0.1, 0.15) is 0 Å². The van der Waals surface area contributed by atoms with E-state index in [0.717, 1.165) is 0 Å². The van der Waals surface area contributed by atoms with Crippen molar-refractivity contribution < 1.29 is 0 Å². The van der Waals surface area contributed by atoms with Gasteiger partial charge in [0, 0.05) is 0 Å². The second-order valence-electron chi connectivity index (χ2n) is 1.89. The lowest BCUT2D eigenvalue weighted by molar-refractivity contribution is 0.835. The van der Waals surface area contributed by atoms with Gasteiger partial charge in [0.25, 0.3) is 0 Å². The van der Waals surface area contributed by atoms with Crippen LogP contribution in [-0.4, -0.2) is 0 Å². The summed E-state index contributed by atoms with van der Waals surface area (Å²) in [6.07, 6.45) is 3.67. The Labute approximate surface area is 80.4 Å². The van der Waals surface area contributed by atoms with Crippen molar-refractivity contribution >= 4 is 0 Å². The van der Waals surface area contributed by atoms with Crippen molar-refractivity contribution in [2.45, 2.75) is 48.5 Å². The van der Waals surface area contributed by atoms with Crippen LogP contribution >= 0.6 is 0 Å². The van der Waals surface area contributed by atoms with E-state index in [9.17, 15) is 0 Å². The highest BCUT2D eigenvalue weighted by molar-refractivity contribution is 4.69. The lowest BCUT2D eigenvalue weighted by atomic mass is 10.2. The Morgan fingerprint density at radius 3 is 1.00 bits per heavy atom. The molecule has 0 spiro atoms. The van der Waals surface area contributed by atoms with Crippen molar-refractivity contribution in [3.8, 4) is 0 Å². The zero-order chi connectivity index (χ0) is 11.0.